The van der Waals surface area contributed by atoms with Crippen molar-refractivity contribution in [3.05, 3.63) is 121 Å². The van der Waals surface area contributed by atoms with E-state index in [0.717, 1.165) is 35.0 Å². The molecular weight excluding hydrogens is 1350 g/mol. The van der Waals surface area contributed by atoms with Crippen molar-refractivity contribution in [1.29, 1.82) is 0 Å². The smallest absolute Gasteiger partial charge is 0.303 e. The van der Waals surface area contributed by atoms with Gasteiger partial charge < -0.3 is 25.5 Å². The molecule has 0 fully saturated rings. The van der Waals surface area contributed by atoms with Gasteiger partial charge in [-0.25, -0.2) is 10.4 Å². The second kappa shape index (κ2) is 24.2. The lowest BCUT2D eigenvalue weighted by Gasteiger charge is -2.15. The quantitative estimate of drug-likeness (QED) is 0.00525. The summed E-state index contributed by atoms with van der Waals surface area (Å²) in [5, 5.41) is 75.3. The van der Waals surface area contributed by atoms with Crippen molar-refractivity contribution >= 4 is 170 Å². The number of phenols is 2. The Kier molecular flexibility index (Phi) is 17.9. The first kappa shape index (κ1) is 64.9. The van der Waals surface area contributed by atoms with Crippen LogP contribution < -0.4 is 16.0 Å². The minimum atomic E-state index is -5.73. The number of nitrogens with two attached hydrogens (primary N) is 1. The third-order valence-corrected chi connectivity index (χ3v) is 17.3. The van der Waals surface area contributed by atoms with E-state index < -0.39 is 186 Å². The number of aromatic nitrogens is 2. The summed E-state index contributed by atoms with van der Waals surface area (Å²) in [5.74, 6) is -2.98. The summed E-state index contributed by atoms with van der Waals surface area (Å²) >= 11 is 12.4. The number of H-pyrrole nitrogens is 1. The molecule has 7 aromatic carbocycles. The summed E-state index contributed by atoms with van der Waals surface area (Å²) in [7, 11) is -26.2. The largest absolute Gasteiger partial charge is 0.505 e. The van der Waals surface area contributed by atoms with Gasteiger partial charge in [-0.05, 0) is 60.7 Å². The van der Waals surface area contributed by atoms with Crippen LogP contribution in [0.25, 0.3) is 32.1 Å². The Hall–Kier alpha value is -9.08. The lowest BCUT2D eigenvalue weighted by Crippen LogP contribution is -2.14. The minimum absolute atomic E-state index is 0.00288. The number of halogens is 2. The van der Waals surface area contributed by atoms with Crippen LogP contribution in [0, 0.1) is 16.7 Å². The van der Waals surface area contributed by atoms with Gasteiger partial charge in [0.25, 0.3) is 62.1 Å². The van der Waals surface area contributed by atoms with Crippen molar-refractivity contribution in [3.8, 4) is 22.9 Å². The highest BCUT2D eigenvalue weighted by atomic mass is 35.5. The van der Waals surface area contributed by atoms with Gasteiger partial charge in [-0.2, -0.15) is 62.1 Å². The number of fused-ring (bicyclic) bond motifs is 2. The Morgan fingerprint density at radius 1 is 0.636 bits per heavy atom. The summed E-state index contributed by atoms with van der Waals surface area (Å²) < 4.78 is 189. The van der Waals surface area contributed by atoms with Gasteiger partial charge in [0.2, 0.25) is 0 Å². The molecule has 0 radical (unpaired) electrons. The number of methoxy groups -OCH3 is 1. The Bertz CT molecular complexity index is 5200. The topological polar surface area (TPSA) is 570 Å². The molecule has 0 aliphatic carbocycles. The van der Waals surface area contributed by atoms with E-state index in [0.29, 0.717) is 36.4 Å². The highest BCUT2D eigenvalue weighted by Gasteiger charge is 2.31. The highest BCUT2D eigenvalue weighted by Crippen LogP contribution is 2.51. The molecule has 88 heavy (non-hydrogen) atoms. The second-order valence-corrected chi connectivity index (χ2v) is 25.3. The first-order valence-electron chi connectivity index (χ1n) is 22.3. The second-order valence-electron chi connectivity index (χ2n) is 16.8. The van der Waals surface area contributed by atoms with Crippen LogP contribution in [-0.2, 0) is 60.0 Å². The van der Waals surface area contributed by atoms with Gasteiger partial charge in [-0.1, -0.05) is 34.8 Å². The van der Waals surface area contributed by atoms with Gasteiger partial charge in [0.05, 0.1) is 55.8 Å². The zero-order valence-electron chi connectivity index (χ0n) is 42.3. The van der Waals surface area contributed by atoms with Crippen LogP contribution in [0.3, 0.4) is 0 Å². The van der Waals surface area contributed by atoms with Crippen LogP contribution in [0.4, 0.5) is 62.7 Å². The monoisotopic (exact) mass is 1370 g/mol. The van der Waals surface area contributed by atoms with Crippen LogP contribution in [0.1, 0.15) is 0 Å². The van der Waals surface area contributed by atoms with Gasteiger partial charge in [0.15, 0.2) is 17.2 Å². The van der Waals surface area contributed by atoms with E-state index >= 15 is 0 Å². The number of aromatic hydroxyl groups is 2. The van der Waals surface area contributed by atoms with Gasteiger partial charge in [0, 0.05) is 34.4 Å². The molecule has 8 rings (SSSR count). The average molecular weight is 1370 g/mol. The first-order chi connectivity index (χ1) is 41.0. The number of nitro groups is 1. The van der Waals surface area contributed by atoms with E-state index in [1.165, 1.54) is 19.2 Å². The molecule has 0 aliphatic rings. The lowest BCUT2D eigenvalue weighted by molar-refractivity contribution is -0.432. The maximum atomic E-state index is 13.4. The molecule has 0 unspecified atom stereocenters. The normalized spacial score (nSPS) is 12.8. The first-order valence-corrected chi connectivity index (χ1v) is 31.0. The Balaban J connectivity index is 1.22. The van der Waals surface area contributed by atoms with Crippen LogP contribution >= 0.6 is 35.2 Å². The Labute approximate surface area is 503 Å². The van der Waals surface area contributed by atoms with Crippen molar-refractivity contribution in [1.82, 2.24) is 9.78 Å². The van der Waals surface area contributed by atoms with Crippen LogP contribution in [0.15, 0.2) is 154 Å². The molecule has 8 aromatic rings. The molecule has 0 spiro atoms. The fourth-order valence-electron chi connectivity index (χ4n) is 7.83. The molecule has 0 aliphatic heterocycles. The van der Waals surface area contributed by atoms with E-state index in [1.807, 2.05) is 0 Å². The van der Waals surface area contributed by atoms with Crippen molar-refractivity contribution < 1.29 is 99.4 Å². The maximum absolute atomic E-state index is 13.4. The number of azo groups is 4. The van der Waals surface area contributed by atoms with Crippen molar-refractivity contribution in [2.24, 2.45) is 40.9 Å². The standard InChI is InChI=1S/C43H27Cl2N13O24S6/c1-47-42-38(43(61)57(56-42)27-13-22(45)28(80-2)14-21(27)44)55-50-23-6-3-16(9-31(23)85(68,69)70)48-54-37-33(87(74,75)76)12-19-18(39(37)59)5-8-25(41(19)88(77,78)79)51-52-26-15-30(84(65,66)67)20-11-29(83-82-81-64)36(40(60)34(20)35(26)46)53-49-24-7-4-17(58(62)63)10-32(24)86(71,72)73/h3-15,56,59-60,64H,46H2,2H3,(H,65,66,67)(H,68,69,70)(H,71,72,73)(H,74,75,76)(H,77,78,79). The Morgan fingerprint density at radius 2 is 1.20 bits per heavy atom. The molecule has 11 N–H and O–H groups in total. The van der Waals surface area contributed by atoms with E-state index in [2.05, 4.69) is 60.2 Å². The number of nitrogens with zero attached hydrogens (tertiary/aromatic N) is 11. The molecule has 0 saturated carbocycles. The molecule has 45 heteroatoms. The van der Waals surface area contributed by atoms with Crippen molar-refractivity contribution in [2.75, 3.05) is 12.8 Å². The van der Waals surface area contributed by atoms with Gasteiger partial charge in [0.1, 0.15) is 70.0 Å². The number of nitrogen functional groups attached to an aromatic ring is 1. The Morgan fingerprint density at radius 3 is 1.78 bits per heavy atom. The SMILES string of the molecule is [C-]#[N+]c1[nH]n(-c2cc(Cl)c(OC)cc2Cl)c(=O)c1N=Nc1ccc(N=Nc2c(S(=O)(=O)O)cc3c(S(=O)(=O)O)c(N=Nc4cc(S(=O)(=O)O)c5cc(SOOO)c(N=Nc6ccc([N+](=O)[O-])cc6S(=O)(=O)O)c(O)c5c4N)ccc3c2O)cc1S(=O)(=O)O. The molecule has 0 atom stereocenters. The van der Waals surface area contributed by atoms with Crippen LogP contribution in [0.2, 0.25) is 10.0 Å². The van der Waals surface area contributed by atoms with Crippen LogP contribution in [0.5, 0.6) is 17.2 Å². The van der Waals surface area contributed by atoms with E-state index in [9.17, 15) is 90.0 Å². The van der Waals surface area contributed by atoms with Gasteiger partial charge >= 0.3 is 5.56 Å². The number of non-ortho nitro benzene ring substituents is 1. The zero-order valence-corrected chi connectivity index (χ0v) is 48.7. The lowest BCUT2D eigenvalue weighted by atomic mass is 10.0. The molecule has 0 amide bonds. The number of rotatable bonds is 19. The number of aromatic amines is 1. The predicted octanol–water partition coefficient (Wildman–Crippen LogP) is 10.6. The molecule has 1 aromatic heterocycles. The minimum Gasteiger partial charge on any atom is -0.505 e. The van der Waals surface area contributed by atoms with Gasteiger partial charge in [-0.15, -0.1) is 29.9 Å². The number of hydrogen-bond donors (Lipinski definition) is 10. The summed E-state index contributed by atoms with van der Waals surface area (Å²) in [5.41, 5.74) is -3.28. The van der Waals surface area contributed by atoms with Crippen molar-refractivity contribution in [2.45, 2.75) is 29.4 Å². The molecular formula is C43H27Cl2N13O24S6. The summed E-state index contributed by atoms with van der Waals surface area (Å²) in [6, 6.07) is 9.63. The van der Waals surface area contributed by atoms with Gasteiger partial charge in [-0.3, -0.25) is 37.7 Å². The van der Waals surface area contributed by atoms with E-state index in [-0.39, 0.29) is 33.5 Å². The summed E-state index contributed by atoms with van der Waals surface area (Å²) in [4.78, 5) is 20.0. The number of hydrogen-bond acceptors (Lipinski definition) is 29. The number of nitrogens with one attached hydrogen (secondary N) is 1. The summed E-state index contributed by atoms with van der Waals surface area (Å²) in [6.07, 6.45) is 0. The molecule has 1 heterocycles. The third-order valence-electron chi connectivity index (χ3n) is 11.6. The number of ether oxygens (including phenoxy) is 1. The van der Waals surface area contributed by atoms with Crippen molar-refractivity contribution in [3.63, 3.8) is 0 Å². The molecule has 458 valence electrons. The number of benzene rings is 7. The zero-order chi connectivity index (χ0) is 64.9. The van der Waals surface area contributed by atoms with Crippen LogP contribution in [-0.4, -0.2) is 102 Å². The number of nitro benzene ring substituents is 1. The highest BCUT2D eigenvalue weighted by molar-refractivity contribution is 7.94. The molecule has 37 nitrogen and oxygen atoms in total. The number of phenolic OH excluding ortho intramolecular Hbond substituents is 2. The third kappa shape index (κ3) is 13.1. The molecule has 0 bridgehead atoms. The summed E-state index contributed by atoms with van der Waals surface area (Å²) in [6.45, 7) is 7.53. The average Bonchev–Trinajstić information content (AvgIpc) is 1.12. The van der Waals surface area contributed by atoms with E-state index in [1.54, 1.807) is 0 Å². The fourth-order valence-corrected chi connectivity index (χ4v) is 12.2. The fraction of sp³-hybridized carbons (Fsp3) is 0.0233. The molecule has 0 saturated heterocycles. The predicted molar refractivity (Wildman–Crippen MR) is 301 cm³/mol. The number of anilines is 1. The van der Waals surface area contributed by atoms with E-state index in [4.69, 9.17) is 45.5 Å². The maximum Gasteiger partial charge on any atom is 0.303 e.